The molecule has 0 aliphatic carbocycles. The Morgan fingerprint density at radius 2 is 2.09 bits per heavy atom. The quantitative estimate of drug-likeness (QED) is 0.542. The lowest BCUT2D eigenvalue weighted by atomic mass is 9.94. The average Bonchev–Trinajstić information content (AvgIpc) is 3.45. The standard InChI is InChI=1S/C22H20FN7O3/c1-3-14-17(26-21(31)20(14)23)6-7-33-22-16-9-18(32-2)13(10-24)8-15(16)12(11-25-22)4-5-19-27-29-30-28-19/h8-9,11,14,17,20H,3,6-7H2,1-2H3,(H,26,31)(H,27,28,29,30)/t14-,17+,20-/m0/s1. The molecule has 3 aromatic rings. The van der Waals surface area contributed by atoms with Crippen molar-refractivity contribution in [3.63, 3.8) is 0 Å². The lowest BCUT2D eigenvalue weighted by Crippen LogP contribution is -2.30. The molecule has 0 spiro atoms. The number of methoxy groups -OCH3 is 1. The summed E-state index contributed by atoms with van der Waals surface area (Å²) in [5.74, 6) is 5.66. The molecule has 1 fully saturated rings. The van der Waals surface area contributed by atoms with Gasteiger partial charge in [0.05, 0.1) is 24.8 Å². The summed E-state index contributed by atoms with van der Waals surface area (Å²) in [7, 11) is 1.47. The van der Waals surface area contributed by atoms with E-state index in [2.05, 4.69) is 48.8 Å². The van der Waals surface area contributed by atoms with E-state index in [1.165, 1.54) is 13.3 Å². The number of halogens is 1. The molecule has 2 N–H and O–H groups in total. The maximum absolute atomic E-state index is 14.0. The van der Waals surface area contributed by atoms with Crippen LogP contribution in [0.3, 0.4) is 0 Å². The van der Waals surface area contributed by atoms with Gasteiger partial charge in [0.1, 0.15) is 11.8 Å². The van der Waals surface area contributed by atoms with Gasteiger partial charge in [-0.25, -0.2) is 9.37 Å². The molecular formula is C22H20FN7O3. The fourth-order valence-corrected chi connectivity index (χ4v) is 3.88. The van der Waals surface area contributed by atoms with Crippen molar-refractivity contribution in [3.8, 4) is 29.5 Å². The second kappa shape index (κ2) is 9.49. The van der Waals surface area contributed by atoms with Crippen LogP contribution >= 0.6 is 0 Å². The molecule has 0 bridgehead atoms. The summed E-state index contributed by atoms with van der Waals surface area (Å²) in [4.78, 5) is 16.1. The van der Waals surface area contributed by atoms with E-state index in [-0.39, 0.29) is 24.4 Å². The number of pyridine rings is 1. The number of fused-ring (bicyclic) bond motifs is 1. The topological polar surface area (TPSA) is 139 Å². The highest BCUT2D eigenvalue weighted by atomic mass is 19.1. The number of nitrogens with one attached hydrogen (secondary N) is 2. The number of nitrogens with zero attached hydrogens (tertiary/aromatic N) is 5. The van der Waals surface area contributed by atoms with E-state index in [9.17, 15) is 14.4 Å². The minimum absolute atomic E-state index is 0.215. The van der Waals surface area contributed by atoms with Crippen LogP contribution < -0.4 is 14.8 Å². The molecule has 0 saturated carbocycles. The molecule has 3 atom stereocenters. The first-order valence-corrected chi connectivity index (χ1v) is 10.3. The molecule has 33 heavy (non-hydrogen) atoms. The van der Waals surface area contributed by atoms with Crippen molar-refractivity contribution in [2.24, 2.45) is 5.92 Å². The van der Waals surface area contributed by atoms with Crippen LogP contribution in [-0.2, 0) is 4.79 Å². The molecule has 1 aliphatic heterocycles. The van der Waals surface area contributed by atoms with E-state index in [4.69, 9.17) is 9.47 Å². The van der Waals surface area contributed by atoms with Gasteiger partial charge in [-0.2, -0.15) is 10.5 Å². The number of nitriles is 1. The van der Waals surface area contributed by atoms with Crippen molar-refractivity contribution in [3.05, 3.63) is 35.3 Å². The molecule has 0 unspecified atom stereocenters. The second-order valence-corrected chi connectivity index (χ2v) is 7.40. The maximum Gasteiger partial charge on any atom is 0.255 e. The number of carbonyl (C=O) groups is 1. The zero-order chi connectivity index (χ0) is 23.4. The van der Waals surface area contributed by atoms with Gasteiger partial charge in [0.25, 0.3) is 5.91 Å². The van der Waals surface area contributed by atoms with E-state index in [0.717, 1.165) is 0 Å². The molecule has 4 rings (SSSR count). The number of tetrazole rings is 1. The predicted molar refractivity (Wildman–Crippen MR) is 114 cm³/mol. The van der Waals surface area contributed by atoms with Crippen LogP contribution in [0.25, 0.3) is 10.8 Å². The maximum atomic E-state index is 14.0. The van der Waals surface area contributed by atoms with Crippen molar-refractivity contribution < 1.29 is 18.7 Å². The zero-order valence-corrected chi connectivity index (χ0v) is 17.9. The number of aromatic amines is 1. The SMILES string of the molecule is CC[C@@H]1[C@H](F)C(=O)N[C@@H]1CCOc1ncc(C#Cc2nn[nH]n2)c2cc(C#N)c(OC)cc12. The second-order valence-electron chi connectivity index (χ2n) is 7.40. The first-order valence-electron chi connectivity index (χ1n) is 10.3. The predicted octanol–water partition coefficient (Wildman–Crippen LogP) is 1.66. The Hall–Kier alpha value is -4.25. The summed E-state index contributed by atoms with van der Waals surface area (Å²) in [5, 5.41) is 26.8. The third-order valence-electron chi connectivity index (χ3n) is 5.56. The van der Waals surface area contributed by atoms with Crippen LogP contribution in [0.5, 0.6) is 11.6 Å². The number of carbonyl (C=O) groups excluding carboxylic acids is 1. The van der Waals surface area contributed by atoms with E-state index < -0.39 is 12.1 Å². The number of H-pyrrole nitrogens is 1. The highest BCUT2D eigenvalue weighted by Gasteiger charge is 2.41. The largest absolute Gasteiger partial charge is 0.495 e. The van der Waals surface area contributed by atoms with Crippen LogP contribution in [0.2, 0.25) is 0 Å². The Kier molecular flexibility index (Phi) is 6.31. The summed E-state index contributed by atoms with van der Waals surface area (Å²) in [6.07, 6.45) is 1.01. The molecule has 3 heterocycles. The van der Waals surface area contributed by atoms with Crippen molar-refractivity contribution >= 4 is 16.7 Å². The van der Waals surface area contributed by atoms with Gasteiger partial charge in [-0.05, 0) is 29.7 Å². The normalized spacial score (nSPS) is 19.5. The Morgan fingerprint density at radius 3 is 2.79 bits per heavy atom. The van der Waals surface area contributed by atoms with E-state index in [1.54, 1.807) is 12.1 Å². The van der Waals surface area contributed by atoms with Crippen molar-refractivity contribution in [1.29, 1.82) is 5.26 Å². The third-order valence-corrected chi connectivity index (χ3v) is 5.56. The lowest BCUT2D eigenvalue weighted by Gasteiger charge is -2.18. The number of benzene rings is 1. The van der Waals surface area contributed by atoms with Crippen LogP contribution in [0.1, 0.15) is 36.7 Å². The van der Waals surface area contributed by atoms with Gasteiger partial charge in [0.15, 0.2) is 6.17 Å². The Labute approximate surface area is 188 Å². The lowest BCUT2D eigenvalue weighted by molar-refractivity contribution is -0.123. The highest BCUT2D eigenvalue weighted by molar-refractivity contribution is 5.94. The summed E-state index contributed by atoms with van der Waals surface area (Å²) < 4.78 is 25.3. The molecule has 1 amide bonds. The van der Waals surface area contributed by atoms with E-state index in [0.29, 0.717) is 46.4 Å². The van der Waals surface area contributed by atoms with Crippen LogP contribution in [0, 0.1) is 29.1 Å². The fourth-order valence-electron chi connectivity index (χ4n) is 3.88. The van der Waals surface area contributed by atoms with Crippen molar-refractivity contribution in [2.45, 2.75) is 32.0 Å². The number of hydrogen-bond donors (Lipinski definition) is 2. The van der Waals surface area contributed by atoms with Crippen LogP contribution in [0.15, 0.2) is 18.3 Å². The molecule has 1 saturated heterocycles. The van der Waals surface area contributed by atoms with Gasteiger partial charge < -0.3 is 14.8 Å². The third kappa shape index (κ3) is 4.39. The summed E-state index contributed by atoms with van der Waals surface area (Å²) in [6.45, 7) is 2.07. The highest BCUT2D eigenvalue weighted by Crippen LogP contribution is 2.33. The number of rotatable bonds is 6. The minimum Gasteiger partial charge on any atom is -0.495 e. The molecular weight excluding hydrogens is 429 g/mol. The monoisotopic (exact) mass is 449 g/mol. The van der Waals surface area contributed by atoms with Gasteiger partial charge in [-0.1, -0.05) is 17.9 Å². The van der Waals surface area contributed by atoms with E-state index >= 15 is 0 Å². The number of alkyl halides is 1. The Morgan fingerprint density at radius 1 is 1.24 bits per heavy atom. The molecule has 11 heteroatoms. The Bertz CT molecular complexity index is 1280. The number of ether oxygens (including phenoxy) is 2. The zero-order valence-electron chi connectivity index (χ0n) is 17.9. The summed E-state index contributed by atoms with van der Waals surface area (Å²) in [5.41, 5.74) is 0.869. The van der Waals surface area contributed by atoms with Gasteiger partial charge in [0, 0.05) is 35.3 Å². The molecule has 168 valence electrons. The van der Waals surface area contributed by atoms with Gasteiger partial charge >= 0.3 is 0 Å². The smallest absolute Gasteiger partial charge is 0.255 e. The van der Waals surface area contributed by atoms with Gasteiger partial charge in [0.2, 0.25) is 11.7 Å². The number of aromatic nitrogens is 5. The summed E-state index contributed by atoms with van der Waals surface area (Å²) >= 11 is 0. The number of hydrogen-bond acceptors (Lipinski definition) is 8. The molecule has 0 radical (unpaired) electrons. The van der Waals surface area contributed by atoms with Gasteiger partial charge in [-0.15, -0.1) is 5.10 Å². The minimum atomic E-state index is -1.50. The molecule has 1 aromatic carbocycles. The number of amides is 1. The molecule has 1 aliphatic rings. The fraction of sp³-hybridized carbons (Fsp3) is 0.364. The average molecular weight is 449 g/mol. The van der Waals surface area contributed by atoms with Crippen LogP contribution in [0.4, 0.5) is 4.39 Å². The van der Waals surface area contributed by atoms with Crippen molar-refractivity contribution in [1.82, 2.24) is 30.9 Å². The Balaban J connectivity index is 1.63. The summed E-state index contributed by atoms with van der Waals surface area (Å²) in [6, 6.07) is 5.12. The van der Waals surface area contributed by atoms with E-state index in [1.807, 2.05) is 6.92 Å². The van der Waals surface area contributed by atoms with Crippen molar-refractivity contribution in [2.75, 3.05) is 13.7 Å². The van der Waals surface area contributed by atoms with Crippen LogP contribution in [-0.4, -0.2) is 57.4 Å². The first-order chi connectivity index (χ1) is 16.0. The van der Waals surface area contributed by atoms with Gasteiger partial charge in [-0.3, -0.25) is 4.79 Å². The molecule has 2 aromatic heterocycles. The molecule has 10 nitrogen and oxygen atoms in total. The first kappa shape index (κ1) is 22.0.